The Bertz CT molecular complexity index is 649. The van der Waals surface area contributed by atoms with Crippen molar-refractivity contribution in [1.82, 2.24) is 0 Å². The van der Waals surface area contributed by atoms with E-state index in [2.05, 4.69) is 0 Å². The normalized spacial score (nSPS) is 17.5. The monoisotopic (exact) mass is 330 g/mol. The molecule has 0 amide bonds. The molecule has 1 fully saturated rings. The molecular formula is C15H13F3O5. The molecule has 0 unspecified atom stereocenters. The Labute approximate surface area is 129 Å². The van der Waals surface area contributed by atoms with Gasteiger partial charge in [0, 0.05) is 20.3 Å². The summed E-state index contributed by atoms with van der Waals surface area (Å²) >= 11 is 0. The third-order valence-corrected chi connectivity index (χ3v) is 3.03. The highest BCUT2D eigenvalue weighted by Gasteiger charge is 2.41. The second kappa shape index (κ2) is 5.60. The van der Waals surface area contributed by atoms with Gasteiger partial charge in [-0.1, -0.05) is 12.1 Å². The summed E-state index contributed by atoms with van der Waals surface area (Å²) in [6.07, 6.45) is -4.78. The molecule has 1 saturated heterocycles. The average molecular weight is 330 g/mol. The first-order valence-electron chi connectivity index (χ1n) is 6.54. The molecular weight excluding hydrogens is 317 g/mol. The number of rotatable bonds is 2. The van der Waals surface area contributed by atoms with Crippen molar-refractivity contribution >= 4 is 11.9 Å². The lowest BCUT2D eigenvalue weighted by atomic mass is 10.0. The van der Waals surface area contributed by atoms with E-state index < -0.39 is 40.8 Å². The van der Waals surface area contributed by atoms with Crippen LogP contribution in [0.15, 0.2) is 35.6 Å². The van der Waals surface area contributed by atoms with Gasteiger partial charge in [0.15, 0.2) is 5.57 Å². The molecule has 23 heavy (non-hydrogen) atoms. The molecule has 8 heteroatoms. The summed E-state index contributed by atoms with van der Waals surface area (Å²) in [4.78, 5) is 23.5. The minimum absolute atomic E-state index is 0.286. The number of halogens is 3. The lowest BCUT2D eigenvalue weighted by Gasteiger charge is -2.30. The van der Waals surface area contributed by atoms with Gasteiger partial charge in [0.25, 0.3) is 5.79 Å². The molecule has 1 aromatic rings. The molecule has 1 N–H and O–H groups in total. The van der Waals surface area contributed by atoms with Crippen molar-refractivity contribution in [3.05, 3.63) is 46.7 Å². The van der Waals surface area contributed by atoms with Crippen LogP contribution in [0.3, 0.4) is 0 Å². The highest BCUT2D eigenvalue weighted by molar-refractivity contribution is 6.15. The molecule has 5 nitrogen and oxygen atoms in total. The first-order valence-corrected chi connectivity index (χ1v) is 6.54. The predicted molar refractivity (Wildman–Crippen MR) is 71.1 cm³/mol. The van der Waals surface area contributed by atoms with Gasteiger partial charge in [0.2, 0.25) is 0 Å². The maximum atomic E-state index is 12.5. The summed E-state index contributed by atoms with van der Waals surface area (Å²) in [7, 11) is 0. The van der Waals surface area contributed by atoms with Crippen molar-refractivity contribution < 1.29 is 37.3 Å². The van der Waals surface area contributed by atoms with Crippen LogP contribution in [0, 0.1) is 0 Å². The molecule has 1 heterocycles. The number of hydrogen-bond acceptors (Lipinski definition) is 5. The van der Waals surface area contributed by atoms with E-state index in [0.29, 0.717) is 0 Å². The van der Waals surface area contributed by atoms with Crippen LogP contribution in [-0.2, 0) is 31.7 Å². The lowest BCUT2D eigenvalue weighted by Crippen LogP contribution is -2.42. The van der Waals surface area contributed by atoms with Crippen LogP contribution < -0.4 is 0 Å². The van der Waals surface area contributed by atoms with Gasteiger partial charge < -0.3 is 14.6 Å². The number of allylic oxidation sites excluding steroid dienone is 1. The van der Waals surface area contributed by atoms with Gasteiger partial charge in [0.1, 0.15) is 5.76 Å². The molecule has 0 aromatic heterocycles. The Kier molecular flexibility index (Phi) is 4.10. The van der Waals surface area contributed by atoms with Gasteiger partial charge in [-0.25, -0.2) is 9.59 Å². The molecule has 1 aliphatic rings. The minimum Gasteiger partial charge on any atom is -0.511 e. The topological polar surface area (TPSA) is 72.8 Å². The summed E-state index contributed by atoms with van der Waals surface area (Å²) in [6.45, 7) is 2.71. The van der Waals surface area contributed by atoms with E-state index in [-0.39, 0.29) is 12.0 Å². The fourth-order valence-electron chi connectivity index (χ4n) is 1.98. The van der Waals surface area contributed by atoms with E-state index in [4.69, 9.17) is 9.47 Å². The quantitative estimate of drug-likeness (QED) is 0.391. The fraction of sp³-hybridized carbons (Fsp3) is 0.333. The van der Waals surface area contributed by atoms with E-state index in [1.165, 1.54) is 13.8 Å². The van der Waals surface area contributed by atoms with Crippen LogP contribution in [0.5, 0.6) is 0 Å². The molecule has 1 aliphatic heterocycles. The standard InChI is InChI=1S/C15H13F3O5/c1-14(2)22-12(20)11(13(21)23-14)10(19)7-8-3-5-9(6-4-8)15(16,17)18/h3-6,19H,7H2,1-2H3. The van der Waals surface area contributed by atoms with Gasteiger partial charge >= 0.3 is 18.1 Å². The van der Waals surface area contributed by atoms with Crippen LogP contribution in [0.4, 0.5) is 13.2 Å². The van der Waals surface area contributed by atoms with Crippen LogP contribution in [0.2, 0.25) is 0 Å². The number of cyclic esters (lactones) is 2. The number of alkyl halides is 3. The van der Waals surface area contributed by atoms with Crippen LogP contribution in [0.1, 0.15) is 25.0 Å². The molecule has 0 saturated carbocycles. The Hall–Kier alpha value is -2.51. The highest BCUT2D eigenvalue weighted by atomic mass is 19.4. The van der Waals surface area contributed by atoms with Crippen LogP contribution in [-0.4, -0.2) is 22.8 Å². The van der Waals surface area contributed by atoms with Crippen molar-refractivity contribution in [2.24, 2.45) is 0 Å². The fourth-order valence-corrected chi connectivity index (χ4v) is 1.98. The number of carbonyl (C=O) groups is 2. The van der Waals surface area contributed by atoms with Crippen molar-refractivity contribution in [2.45, 2.75) is 32.2 Å². The lowest BCUT2D eigenvalue weighted by molar-refractivity contribution is -0.222. The molecule has 124 valence electrons. The van der Waals surface area contributed by atoms with Crippen molar-refractivity contribution in [2.75, 3.05) is 0 Å². The number of aliphatic hydroxyl groups excluding tert-OH is 1. The second-order valence-electron chi connectivity index (χ2n) is 5.37. The molecule has 1 aromatic carbocycles. The van der Waals surface area contributed by atoms with Gasteiger partial charge in [-0.05, 0) is 17.7 Å². The third-order valence-electron chi connectivity index (χ3n) is 3.03. The summed E-state index contributed by atoms with van der Waals surface area (Å²) in [6, 6.07) is 3.97. The maximum absolute atomic E-state index is 12.5. The average Bonchev–Trinajstić information content (AvgIpc) is 2.35. The Morgan fingerprint density at radius 2 is 1.57 bits per heavy atom. The first-order chi connectivity index (χ1) is 10.5. The maximum Gasteiger partial charge on any atom is 0.416 e. The molecule has 0 spiro atoms. The smallest absolute Gasteiger partial charge is 0.416 e. The Morgan fingerprint density at radius 3 is 2.00 bits per heavy atom. The summed E-state index contributed by atoms with van der Waals surface area (Å²) < 4.78 is 47.1. The summed E-state index contributed by atoms with van der Waals surface area (Å²) in [5, 5.41) is 9.92. The highest BCUT2D eigenvalue weighted by Crippen LogP contribution is 2.30. The van der Waals surface area contributed by atoms with E-state index in [1.54, 1.807) is 0 Å². The van der Waals surface area contributed by atoms with E-state index in [9.17, 15) is 27.9 Å². The second-order valence-corrected chi connectivity index (χ2v) is 5.37. The SMILES string of the molecule is CC1(C)OC(=O)C(=C(O)Cc2ccc(C(F)(F)F)cc2)C(=O)O1. The van der Waals surface area contributed by atoms with E-state index in [1.807, 2.05) is 0 Å². The zero-order valence-corrected chi connectivity index (χ0v) is 12.2. The molecule has 0 atom stereocenters. The molecule has 0 radical (unpaired) electrons. The minimum atomic E-state index is -4.47. The summed E-state index contributed by atoms with van der Waals surface area (Å²) in [5.74, 6) is -4.16. The van der Waals surface area contributed by atoms with Crippen LogP contribution >= 0.6 is 0 Å². The van der Waals surface area contributed by atoms with Crippen LogP contribution in [0.25, 0.3) is 0 Å². The van der Waals surface area contributed by atoms with Gasteiger partial charge in [-0.3, -0.25) is 0 Å². The van der Waals surface area contributed by atoms with E-state index >= 15 is 0 Å². The number of carbonyl (C=O) groups excluding carboxylic acids is 2. The Morgan fingerprint density at radius 1 is 1.09 bits per heavy atom. The number of ether oxygens (including phenoxy) is 2. The number of hydrogen-bond donors (Lipinski definition) is 1. The zero-order chi connectivity index (χ0) is 17.4. The number of aliphatic hydroxyl groups is 1. The van der Waals surface area contributed by atoms with Crippen molar-refractivity contribution in [1.29, 1.82) is 0 Å². The number of benzene rings is 1. The Balaban J connectivity index is 2.22. The zero-order valence-electron chi connectivity index (χ0n) is 12.2. The molecule has 0 aliphatic carbocycles. The number of esters is 2. The van der Waals surface area contributed by atoms with Gasteiger partial charge in [-0.2, -0.15) is 13.2 Å². The molecule has 2 rings (SSSR count). The molecule has 0 bridgehead atoms. The van der Waals surface area contributed by atoms with E-state index in [0.717, 1.165) is 24.3 Å². The van der Waals surface area contributed by atoms with Crippen molar-refractivity contribution in [3.63, 3.8) is 0 Å². The van der Waals surface area contributed by atoms with Gasteiger partial charge in [0.05, 0.1) is 5.56 Å². The third kappa shape index (κ3) is 3.82. The summed E-state index contributed by atoms with van der Waals surface area (Å²) in [5.41, 5.74) is -1.22. The predicted octanol–water partition coefficient (Wildman–Crippen LogP) is 2.90. The first kappa shape index (κ1) is 16.9. The van der Waals surface area contributed by atoms with Gasteiger partial charge in [-0.15, -0.1) is 0 Å². The van der Waals surface area contributed by atoms with Crippen molar-refractivity contribution in [3.8, 4) is 0 Å². The largest absolute Gasteiger partial charge is 0.511 e.